The van der Waals surface area contributed by atoms with Crippen molar-refractivity contribution in [2.75, 3.05) is 6.61 Å². The molecule has 3 aliphatic rings. The fraction of sp³-hybridized carbons (Fsp3) is 0.750. The Kier molecular flexibility index (Phi) is 3.57. The summed E-state index contributed by atoms with van der Waals surface area (Å²) in [7, 11) is 0. The first-order valence-electron chi connectivity index (χ1n) is 7.69. The van der Waals surface area contributed by atoms with Crippen LogP contribution in [-0.2, 0) is 19.1 Å². The highest BCUT2D eigenvalue weighted by molar-refractivity contribution is 5.76. The predicted octanol–water partition coefficient (Wildman–Crippen LogP) is 2.62. The molecule has 1 saturated heterocycles. The number of rotatable bonds is 4. The van der Waals surface area contributed by atoms with Gasteiger partial charge in [-0.2, -0.15) is 0 Å². The number of esters is 2. The van der Waals surface area contributed by atoms with Gasteiger partial charge in [0.05, 0.1) is 18.9 Å². The summed E-state index contributed by atoms with van der Waals surface area (Å²) >= 11 is 0. The van der Waals surface area contributed by atoms with Gasteiger partial charge in [-0.3, -0.25) is 9.59 Å². The van der Waals surface area contributed by atoms with Crippen molar-refractivity contribution in [1.29, 1.82) is 0 Å². The third kappa shape index (κ3) is 2.48. The second-order valence-corrected chi connectivity index (χ2v) is 6.39. The minimum Gasteiger partial charge on any atom is -0.465 e. The van der Waals surface area contributed by atoms with Crippen LogP contribution in [0.15, 0.2) is 12.2 Å². The van der Waals surface area contributed by atoms with E-state index in [1.54, 1.807) is 0 Å². The Hall–Kier alpha value is -1.32. The monoisotopic (exact) mass is 278 g/mol. The molecule has 4 heteroatoms. The molecule has 110 valence electrons. The van der Waals surface area contributed by atoms with Crippen molar-refractivity contribution in [2.24, 2.45) is 17.8 Å². The molecule has 4 atom stereocenters. The van der Waals surface area contributed by atoms with Crippen LogP contribution in [0.1, 0.15) is 45.4 Å². The lowest BCUT2D eigenvalue weighted by atomic mass is 9.87. The van der Waals surface area contributed by atoms with Gasteiger partial charge in [0.2, 0.25) is 0 Å². The van der Waals surface area contributed by atoms with Gasteiger partial charge < -0.3 is 9.47 Å². The van der Waals surface area contributed by atoms with E-state index in [1.807, 2.05) is 0 Å². The Labute approximate surface area is 119 Å². The minimum absolute atomic E-state index is 0.00308. The SMILES string of the molecule is CCCC1(OC(=O)C2CC3C=CC2C3)CCOC(=O)C1. The maximum atomic E-state index is 12.5. The van der Waals surface area contributed by atoms with E-state index in [0.717, 1.165) is 25.7 Å². The Morgan fingerprint density at radius 1 is 1.45 bits per heavy atom. The Bertz CT molecular complexity index is 438. The lowest BCUT2D eigenvalue weighted by molar-refractivity contribution is -0.182. The number of allylic oxidation sites excluding steroid dienone is 2. The first kappa shape index (κ1) is 13.7. The molecule has 2 fully saturated rings. The van der Waals surface area contributed by atoms with Crippen molar-refractivity contribution >= 4 is 11.9 Å². The fourth-order valence-electron chi connectivity index (χ4n) is 3.90. The van der Waals surface area contributed by atoms with Crippen LogP contribution in [0.5, 0.6) is 0 Å². The van der Waals surface area contributed by atoms with Crippen LogP contribution in [0, 0.1) is 17.8 Å². The lowest BCUT2D eigenvalue weighted by Gasteiger charge is -2.36. The highest BCUT2D eigenvalue weighted by Crippen LogP contribution is 2.45. The molecule has 0 aromatic carbocycles. The van der Waals surface area contributed by atoms with Crippen molar-refractivity contribution in [3.63, 3.8) is 0 Å². The molecular weight excluding hydrogens is 256 g/mol. The van der Waals surface area contributed by atoms with Gasteiger partial charge in [-0.15, -0.1) is 0 Å². The van der Waals surface area contributed by atoms with Gasteiger partial charge in [0, 0.05) is 6.42 Å². The van der Waals surface area contributed by atoms with Gasteiger partial charge in [0.1, 0.15) is 5.60 Å². The summed E-state index contributed by atoms with van der Waals surface area (Å²) in [5.74, 6) is 0.546. The van der Waals surface area contributed by atoms with Crippen LogP contribution in [0.3, 0.4) is 0 Å². The molecule has 2 bridgehead atoms. The van der Waals surface area contributed by atoms with Crippen LogP contribution in [0.4, 0.5) is 0 Å². The summed E-state index contributed by atoms with van der Waals surface area (Å²) in [6.07, 6.45) is 8.85. The van der Waals surface area contributed by atoms with Crippen LogP contribution >= 0.6 is 0 Å². The first-order chi connectivity index (χ1) is 9.62. The van der Waals surface area contributed by atoms with E-state index in [0.29, 0.717) is 24.9 Å². The van der Waals surface area contributed by atoms with Gasteiger partial charge in [-0.1, -0.05) is 25.5 Å². The number of fused-ring (bicyclic) bond motifs is 2. The largest absolute Gasteiger partial charge is 0.465 e. The van der Waals surface area contributed by atoms with E-state index in [-0.39, 0.29) is 24.3 Å². The van der Waals surface area contributed by atoms with E-state index in [9.17, 15) is 9.59 Å². The number of ether oxygens (including phenoxy) is 2. The van der Waals surface area contributed by atoms with E-state index in [4.69, 9.17) is 9.47 Å². The standard InChI is InChI=1S/C16H22O4/c1-2-5-16(6-7-19-14(17)10-16)20-15(18)13-9-11-3-4-12(13)8-11/h3-4,11-13H,2,5-10H2,1H3. The lowest BCUT2D eigenvalue weighted by Crippen LogP contribution is -2.44. The molecule has 0 amide bonds. The number of cyclic esters (lactones) is 1. The molecular formula is C16H22O4. The van der Waals surface area contributed by atoms with Crippen LogP contribution in [0.25, 0.3) is 0 Å². The maximum Gasteiger partial charge on any atom is 0.310 e. The number of carbonyl (C=O) groups excluding carboxylic acids is 2. The molecule has 4 nitrogen and oxygen atoms in total. The molecule has 20 heavy (non-hydrogen) atoms. The van der Waals surface area contributed by atoms with Gasteiger partial charge in [0.25, 0.3) is 0 Å². The molecule has 0 N–H and O–H groups in total. The first-order valence-corrected chi connectivity index (χ1v) is 7.69. The predicted molar refractivity (Wildman–Crippen MR) is 72.8 cm³/mol. The third-order valence-electron chi connectivity index (χ3n) is 4.89. The highest BCUT2D eigenvalue weighted by atomic mass is 16.6. The van der Waals surface area contributed by atoms with Crippen molar-refractivity contribution in [3.05, 3.63) is 12.2 Å². The van der Waals surface area contributed by atoms with Crippen molar-refractivity contribution in [1.82, 2.24) is 0 Å². The summed E-state index contributed by atoms with van der Waals surface area (Å²) in [6.45, 7) is 2.42. The van der Waals surface area contributed by atoms with Gasteiger partial charge in [0.15, 0.2) is 0 Å². The molecule has 4 unspecified atom stereocenters. The molecule has 1 saturated carbocycles. The van der Waals surface area contributed by atoms with Gasteiger partial charge >= 0.3 is 11.9 Å². The second-order valence-electron chi connectivity index (χ2n) is 6.39. The Balaban J connectivity index is 1.68. The normalized spacial score (nSPS) is 38.9. The average molecular weight is 278 g/mol. The van der Waals surface area contributed by atoms with Gasteiger partial charge in [-0.25, -0.2) is 0 Å². The molecule has 1 heterocycles. The zero-order valence-corrected chi connectivity index (χ0v) is 12.0. The number of hydrogen-bond donors (Lipinski definition) is 0. The summed E-state index contributed by atoms with van der Waals surface area (Å²) in [6, 6.07) is 0. The molecule has 0 aromatic heterocycles. The van der Waals surface area contributed by atoms with Crippen molar-refractivity contribution in [3.8, 4) is 0 Å². The summed E-state index contributed by atoms with van der Waals surface area (Å²) in [5, 5.41) is 0. The second kappa shape index (κ2) is 5.23. The number of carbonyl (C=O) groups is 2. The Morgan fingerprint density at radius 2 is 2.30 bits per heavy atom. The van der Waals surface area contributed by atoms with Crippen LogP contribution in [-0.4, -0.2) is 24.1 Å². The fourth-order valence-corrected chi connectivity index (χ4v) is 3.90. The summed E-state index contributed by atoms with van der Waals surface area (Å²) in [4.78, 5) is 24.0. The van der Waals surface area contributed by atoms with Crippen molar-refractivity contribution in [2.45, 2.75) is 51.0 Å². The smallest absolute Gasteiger partial charge is 0.310 e. The van der Waals surface area contributed by atoms with Crippen molar-refractivity contribution < 1.29 is 19.1 Å². The maximum absolute atomic E-state index is 12.5. The van der Waals surface area contributed by atoms with E-state index in [1.165, 1.54) is 0 Å². The quantitative estimate of drug-likeness (QED) is 0.586. The average Bonchev–Trinajstić information content (AvgIpc) is 3.01. The molecule has 0 aromatic rings. The van der Waals surface area contributed by atoms with E-state index < -0.39 is 5.60 Å². The topological polar surface area (TPSA) is 52.6 Å². The van der Waals surface area contributed by atoms with E-state index >= 15 is 0 Å². The molecule has 1 aliphatic heterocycles. The molecule has 2 aliphatic carbocycles. The number of hydrogen-bond acceptors (Lipinski definition) is 4. The third-order valence-corrected chi connectivity index (χ3v) is 4.89. The zero-order chi connectivity index (χ0) is 14.2. The molecule has 3 rings (SSSR count). The van der Waals surface area contributed by atoms with Gasteiger partial charge in [-0.05, 0) is 31.1 Å². The molecule has 0 radical (unpaired) electrons. The Morgan fingerprint density at radius 3 is 2.90 bits per heavy atom. The zero-order valence-electron chi connectivity index (χ0n) is 12.0. The van der Waals surface area contributed by atoms with E-state index in [2.05, 4.69) is 19.1 Å². The summed E-state index contributed by atoms with van der Waals surface area (Å²) < 4.78 is 10.8. The van der Waals surface area contributed by atoms with Crippen LogP contribution in [0.2, 0.25) is 0 Å². The minimum atomic E-state index is -0.618. The highest BCUT2D eigenvalue weighted by Gasteiger charge is 2.45. The molecule has 0 spiro atoms. The van der Waals surface area contributed by atoms with Crippen LogP contribution < -0.4 is 0 Å². The summed E-state index contributed by atoms with van der Waals surface area (Å²) in [5.41, 5.74) is -0.618.